The van der Waals surface area contributed by atoms with Gasteiger partial charge in [0.05, 0.1) is 0 Å². The van der Waals surface area contributed by atoms with E-state index in [4.69, 9.17) is 21.7 Å². The van der Waals surface area contributed by atoms with Crippen LogP contribution in [0.4, 0.5) is 0 Å². The van der Waals surface area contributed by atoms with Crippen LogP contribution in [0.15, 0.2) is 36.4 Å². The van der Waals surface area contributed by atoms with Gasteiger partial charge in [0, 0.05) is 18.2 Å². The van der Waals surface area contributed by atoms with Crippen LogP contribution in [0.3, 0.4) is 0 Å². The van der Waals surface area contributed by atoms with Gasteiger partial charge in [-0.25, -0.2) is 0 Å². The van der Waals surface area contributed by atoms with E-state index in [2.05, 4.69) is 28.5 Å². The number of hydrogen-bond acceptors (Lipinski definition) is 6. The lowest BCUT2D eigenvalue weighted by molar-refractivity contribution is 0.0918. The van der Waals surface area contributed by atoms with Gasteiger partial charge in [-0.2, -0.15) is 0 Å². The van der Waals surface area contributed by atoms with Gasteiger partial charge in [0.1, 0.15) is 29.7 Å². The summed E-state index contributed by atoms with van der Waals surface area (Å²) in [7, 11) is 0. The monoisotopic (exact) mass is 391 g/mol. The summed E-state index contributed by atoms with van der Waals surface area (Å²) in [5.41, 5.74) is 0.832. The van der Waals surface area contributed by atoms with E-state index in [0.29, 0.717) is 23.7 Å². The zero-order valence-corrected chi connectivity index (χ0v) is 17.0. The molecule has 2 aromatic rings. The SMILES string of the molecule is CCCc1ccccc1OCC(O)CNC(C)(C)COc1ccc(=S)[nH]n1. The lowest BCUT2D eigenvalue weighted by Gasteiger charge is -2.27. The van der Waals surface area contributed by atoms with Crippen molar-refractivity contribution >= 4 is 12.2 Å². The molecule has 27 heavy (non-hydrogen) atoms. The molecule has 0 spiro atoms. The Morgan fingerprint density at radius 1 is 1.22 bits per heavy atom. The first-order chi connectivity index (χ1) is 12.9. The fraction of sp³-hybridized carbons (Fsp3) is 0.500. The molecule has 0 saturated carbocycles. The van der Waals surface area contributed by atoms with Crippen molar-refractivity contribution in [2.24, 2.45) is 0 Å². The number of hydrogen-bond donors (Lipinski definition) is 3. The molecule has 1 heterocycles. The van der Waals surface area contributed by atoms with Crippen LogP contribution in [0.25, 0.3) is 0 Å². The van der Waals surface area contributed by atoms with Crippen LogP contribution >= 0.6 is 12.2 Å². The molecule has 1 aromatic heterocycles. The second kappa shape index (κ2) is 10.4. The lowest BCUT2D eigenvalue weighted by Crippen LogP contribution is -2.48. The number of nitrogens with one attached hydrogen (secondary N) is 2. The summed E-state index contributed by atoms with van der Waals surface area (Å²) >= 11 is 4.96. The summed E-state index contributed by atoms with van der Waals surface area (Å²) in [6.07, 6.45) is 1.40. The van der Waals surface area contributed by atoms with Gasteiger partial charge in [-0.3, -0.25) is 5.10 Å². The number of aliphatic hydroxyl groups is 1. The van der Waals surface area contributed by atoms with Crippen molar-refractivity contribution in [3.63, 3.8) is 0 Å². The zero-order chi connectivity index (χ0) is 19.7. The Balaban J connectivity index is 1.75. The Hall–Kier alpha value is -1.96. The summed E-state index contributed by atoms with van der Waals surface area (Å²) in [5.74, 6) is 1.32. The average Bonchev–Trinajstić information content (AvgIpc) is 2.66. The molecule has 3 N–H and O–H groups in total. The highest BCUT2D eigenvalue weighted by Crippen LogP contribution is 2.19. The van der Waals surface area contributed by atoms with Gasteiger partial charge in [-0.15, -0.1) is 5.10 Å². The third-order valence-electron chi connectivity index (χ3n) is 3.97. The molecule has 1 aromatic carbocycles. The summed E-state index contributed by atoms with van der Waals surface area (Å²) in [6, 6.07) is 11.4. The number of H-pyrrole nitrogens is 1. The molecule has 0 aliphatic carbocycles. The standard InChI is InChI=1S/C20H29N3O3S/c1-4-7-15-8-5-6-9-17(15)25-13-16(24)12-21-20(2,3)14-26-18-10-11-19(27)23-22-18/h5-6,8-11,16,21,24H,4,7,12-14H2,1-3H3,(H,23,27). The van der Waals surface area contributed by atoms with Crippen LogP contribution in [0.5, 0.6) is 11.6 Å². The predicted molar refractivity (Wildman–Crippen MR) is 109 cm³/mol. The topological polar surface area (TPSA) is 79.4 Å². The van der Waals surface area contributed by atoms with E-state index in [1.165, 1.54) is 5.56 Å². The minimum Gasteiger partial charge on any atom is -0.491 e. The minimum atomic E-state index is -0.620. The fourth-order valence-corrected chi connectivity index (χ4v) is 2.59. The molecular formula is C20H29N3O3S. The zero-order valence-electron chi connectivity index (χ0n) is 16.2. The number of aromatic amines is 1. The highest BCUT2D eigenvalue weighted by molar-refractivity contribution is 7.71. The number of aliphatic hydroxyl groups excluding tert-OH is 1. The molecule has 0 saturated heterocycles. The van der Waals surface area contributed by atoms with Crippen molar-refractivity contribution < 1.29 is 14.6 Å². The second-order valence-corrected chi connectivity index (χ2v) is 7.58. The summed E-state index contributed by atoms with van der Waals surface area (Å²) in [5, 5.41) is 20.3. The van der Waals surface area contributed by atoms with E-state index < -0.39 is 6.10 Å². The Labute approximate surface area is 165 Å². The summed E-state index contributed by atoms with van der Waals surface area (Å²) < 4.78 is 12.0. The number of aryl methyl sites for hydroxylation is 1. The highest BCUT2D eigenvalue weighted by Gasteiger charge is 2.20. The second-order valence-electron chi connectivity index (χ2n) is 7.14. The van der Waals surface area contributed by atoms with Crippen LogP contribution in [-0.2, 0) is 6.42 Å². The maximum Gasteiger partial charge on any atom is 0.231 e. The van der Waals surface area contributed by atoms with Gasteiger partial charge in [0.15, 0.2) is 0 Å². The molecule has 0 amide bonds. The van der Waals surface area contributed by atoms with E-state index in [0.717, 1.165) is 18.6 Å². The van der Waals surface area contributed by atoms with Crippen molar-refractivity contribution in [1.29, 1.82) is 0 Å². The molecule has 1 atom stereocenters. The third-order valence-corrected chi connectivity index (χ3v) is 4.20. The predicted octanol–water partition coefficient (Wildman–Crippen LogP) is 3.28. The summed E-state index contributed by atoms with van der Waals surface area (Å²) in [6.45, 7) is 7.18. The fourth-order valence-electron chi connectivity index (χ4n) is 2.48. The van der Waals surface area contributed by atoms with Gasteiger partial charge < -0.3 is 19.9 Å². The number of aromatic nitrogens is 2. The van der Waals surface area contributed by atoms with Crippen LogP contribution in [0, 0.1) is 4.64 Å². The summed E-state index contributed by atoms with van der Waals surface area (Å²) in [4.78, 5) is 0. The number of para-hydroxylation sites is 1. The van der Waals surface area contributed by atoms with Gasteiger partial charge >= 0.3 is 0 Å². The van der Waals surface area contributed by atoms with Crippen molar-refractivity contribution in [2.45, 2.75) is 45.3 Å². The Kier molecular flexibility index (Phi) is 8.22. The molecule has 1 unspecified atom stereocenters. The third kappa shape index (κ3) is 7.66. The van der Waals surface area contributed by atoms with Gasteiger partial charge in [0.2, 0.25) is 5.88 Å². The molecule has 6 nitrogen and oxygen atoms in total. The first kappa shape index (κ1) is 21.3. The maximum atomic E-state index is 10.3. The molecular weight excluding hydrogens is 362 g/mol. The van der Waals surface area contributed by atoms with Crippen LogP contribution in [-0.4, -0.2) is 46.7 Å². The maximum absolute atomic E-state index is 10.3. The average molecular weight is 392 g/mol. The van der Waals surface area contributed by atoms with Crippen molar-refractivity contribution in [3.8, 4) is 11.6 Å². The number of ether oxygens (including phenoxy) is 2. The minimum absolute atomic E-state index is 0.238. The smallest absolute Gasteiger partial charge is 0.231 e. The van der Waals surface area contributed by atoms with E-state index in [1.54, 1.807) is 12.1 Å². The molecule has 0 aliphatic rings. The van der Waals surface area contributed by atoms with Crippen molar-refractivity contribution in [1.82, 2.24) is 15.5 Å². The highest BCUT2D eigenvalue weighted by atomic mass is 32.1. The number of benzene rings is 1. The molecule has 0 aliphatic heterocycles. The van der Waals surface area contributed by atoms with Crippen LogP contribution in [0.2, 0.25) is 0 Å². The van der Waals surface area contributed by atoms with E-state index >= 15 is 0 Å². The lowest BCUT2D eigenvalue weighted by atomic mass is 10.1. The molecule has 7 heteroatoms. The largest absolute Gasteiger partial charge is 0.491 e. The molecule has 0 bridgehead atoms. The number of rotatable bonds is 11. The molecule has 0 radical (unpaired) electrons. The van der Waals surface area contributed by atoms with Crippen LogP contribution in [0.1, 0.15) is 32.8 Å². The molecule has 148 valence electrons. The van der Waals surface area contributed by atoms with Gasteiger partial charge in [0.25, 0.3) is 0 Å². The van der Waals surface area contributed by atoms with E-state index in [9.17, 15) is 5.11 Å². The number of nitrogens with zero attached hydrogens (tertiary/aromatic N) is 1. The van der Waals surface area contributed by atoms with Gasteiger partial charge in [-0.05, 0) is 38.0 Å². The first-order valence-electron chi connectivity index (χ1n) is 9.22. The van der Waals surface area contributed by atoms with E-state index in [1.807, 2.05) is 32.0 Å². The Bertz CT molecular complexity index is 744. The Morgan fingerprint density at radius 3 is 2.70 bits per heavy atom. The van der Waals surface area contributed by atoms with Crippen LogP contribution < -0.4 is 14.8 Å². The Morgan fingerprint density at radius 2 is 2.00 bits per heavy atom. The first-order valence-corrected chi connectivity index (χ1v) is 9.63. The van der Waals surface area contributed by atoms with Crippen molar-refractivity contribution in [2.75, 3.05) is 19.8 Å². The van der Waals surface area contributed by atoms with Crippen molar-refractivity contribution in [3.05, 3.63) is 46.6 Å². The molecule has 2 rings (SSSR count). The molecule has 0 fully saturated rings. The van der Waals surface area contributed by atoms with E-state index in [-0.39, 0.29) is 12.1 Å². The quantitative estimate of drug-likeness (QED) is 0.510. The number of β-amino-alcohol motifs (C(OH)–C–C–N with tert-alkyl or cyclic N) is 1. The van der Waals surface area contributed by atoms with Gasteiger partial charge in [-0.1, -0.05) is 43.8 Å². The normalized spacial score (nSPS) is 12.6.